The topological polar surface area (TPSA) is 44.7 Å². The number of benzene rings is 2. The standard InChI is InChI=1S/C29H32N2O2/c32-25-10-14-28-24(21-25)9-13-27(22-5-3-1-2-4-6-22)29(28)23-7-11-26(12-8-23)33-20-19-31-17-15-30-16-18-31/h1,3-8,10-12,14,21,27,29-30,32H,9,13,15-20H2. The van der Waals surface area contributed by atoms with E-state index in [0.29, 0.717) is 18.3 Å². The molecule has 2 atom stereocenters. The molecule has 4 heteroatoms. The first-order valence-corrected chi connectivity index (χ1v) is 12.0. The van der Waals surface area contributed by atoms with Gasteiger partial charge in [-0.1, -0.05) is 36.4 Å². The van der Waals surface area contributed by atoms with Crippen molar-refractivity contribution in [2.75, 3.05) is 39.3 Å². The highest BCUT2D eigenvalue weighted by atomic mass is 16.5. The number of ether oxygens (including phenoxy) is 1. The normalized spacial score (nSPS) is 22.5. The second kappa shape index (κ2) is 10.3. The van der Waals surface area contributed by atoms with Crippen molar-refractivity contribution in [1.82, 2.24) is 10.2 Å². The summed E-state index contributed by atoms with van der Waals surface area (Å²) in [7, 11) is 0. The summed E-state index contributed by atoms with van der Waals surface area (Å²) in [6.07, 6.45) is 12.5. The summed E-state index contributed by atoms with van der Waals surface area (Å²) in [5.41, 5.74) is 8.36. The van der Waals surface area contributed by atoms with Gasteiger partial charge in [-0.25, -0.2) is 0 Å². The van der Waals surface area contributed by atoms with Gasteiger partial charge < -0.3 is 15.2 Å². The van der Waals surface area contributed by atoms with Crippen LogP contribution in [0, 0.1) is 5.92 Å². The predicted molar refractivity (Wildman–Crippen MR) is 133 cm³/mol. The summed E-state index contributed by atoms with van der Waals surface area (Å²) in [4.78, 5) is 2.45. The van der Waals surface area contributed by atoms with Crippen molar-refractivity contribution in [2.45, 2.75) is 18.8 Å². The van der Waals surface area contributed by atoms with Crippen LogP contribution in [0.25, 0.3) is 0 Å². The minimum Gasteiger partial charge on any atom is -0.508 e. The van der Waals surface area contributed by atoms with E-state index in [4.69, 9.17) is 4.74 Å². The average Bonchev–Trinajstić information content (AvgIpc) is 3.14. The molecule has 0 spiro atoms. The molecule has 2 aromatic carbocycles. The van der Waals surface area contributed by atoms with Crippen molar-refractivity contribution < 1.29 is 9.84 Å². The monoisotopic (exact) mass is 440 g/mol. The van der Waals surface area contributed by atoms with E-state index >= 15 is 0 Å². The number of rotatable bonds is 6. The van der Waals surface area contributed by atoms with Crippen molar-refractivity contribution in [1.29, 1.82) is 0 Å². The number of nitrogens with zero attached hydrogens (tertiary/aromatic N) is 1. The van der Waals surface area contributed by atoms with Gasteiger partial charge in [0.1, 0.15) is 18.1 Å². The highest BCUT2D eigenvalue weighted by Crippen LogP contribution is 2.45. The van der Waals surface area contributed by atoms with E-state index in [1.54, 1.807) is 0 Å². The van der Waals surface area contributed by atoms with Crippen LogP contribution in [-0.4, -0.2) is 49.3 Å². The minimum atomic E-state index is 0.242. The molecule has 1 fully saturated rings. The Kier molecular flexibility index (Phi) is 6.78. The summed E-state index contributed by atoms with van der Waals surface area (Å²) in [5.74, 6) is 1.89. The van der Waals surface area contributed by atoms with Crippen LogP contribution in [0.15, 0.2) is 84.1 Å². The molecule has 170 valence electrons. The molecular weight excluding hydrogens is 408 g/mol. The maximum Gasteiger partial charge on any atom is 0.119 e. The van der Waals surface area contributed by atoms with Crippen LogP contribution in [0.3, 0.4) is 0 Å². The molecule has 0 aromatic heterocycles. The van der Waals surface area contributed by atoms with E-state index in [1.807, 2.05) is 24.3 Å². The third-order valence-electron chi connectivity index (χ3n) is 7.00. The van der Waals surface area contributed by atoms with Gasteiger partial charge in [-0.3, -0.25) is 4.90 Å². The number of allylic oxidation sites excluding steroid dienone is 5. The lowest BCUT2D eigenvalue weighted by Gasteiger charge is -2.35. The van der Waals surface area contributed by atoms with Crippen LogP contribution in [0.4, 0.5) is 0 Å². The Balaban J connectivity index is 1.36. The summed E-state index contributed by atoms with van der Waals surface area (Å²) < 4.78 is 6.06. The third-order valence-corrected chi connectivity index (χ3v) is 7.00. The first kappa shape index (κ1) is 21.8. The van der Waals surface area contributed by atoms with Crippen LogP contribution in [0.5, 0.6) is 11.5 Å². The maximum absolute atomic E-state index is 10.0. The Morgan fingerprint density at radius 2 is 1.91 bits per heavy atom. The van der Waals surface area contributed by atoms with Crippen molar-refractivity contribution in [2.24, 2.45) is 5.92 Å². The number of fused-ring (bicyclic) bond motifs is 1. The molecule has 1 saturated heterocycles. The molecule has 0 amide bonds. The SMILES string of the molecule is Oc1ccc2c(c1)CCC(C1=CC=C=CC=C1)C2c1ccc(OCCN2CCNCC2)cc1. The first-order chi connectivity index (χ1) is 16.3. The maximum atomic E-state index is 10.0. The fraction of sp³-hybridized carbons (Fsp3) is 0.345. The Hall–Kier alpha value is -3.04. The van der Waals surface area contributed by atoms with E-state index in [1.165, 1.54) is 22.3 Å². The van der Waals surface area contributed by atoms with Gasteiger partial charge in [0, 0.05) is 38.6 Å². The van der Waals surface area contributed by atoms with Gasteiger partial charge in [0.05, 0.1) is 0 Å². The van der Waals surface area contributed by atoms with E-state index < -0.39 is 0 Å². The molecule has 4 nitrogen and oxygen atoms in total. The molecule has 1 heterocycles. The van der Waals surface area contributed by atoms with E-state index in [0.717, 1.165) is 51.3 Å². The third kappa shape index (κ3) is 5.15. The lowest BCUT2D eigenvalue weighted by molar-refractivity contribution is 0.191. The lowest BCUT2D eigenvalue weighted by Crippen LogP contribution is -2.44. The molecule has 2 unspecified atom stereocenters. The van der Waals surface area contributed by atoms with Gasteiger partial charge in [-0.15, -0.1) is 5.73 Å². The van der Waals surface area contributed by atoms with Gasteiger partial charge in [0.2, 0.25) is 0 Å². The fourth-order valence-corrected chi connectivity index (χ4v) is 5.29. The quantitative estimate of drug-likeness (QED) is 0.646. The van der Waals surface area contributed by atoms with Crippen molar-refractivity contribution in [3.8, 4) is 11.5 Å². The molecule has 0 saturated carbocycles. The minimum absolute atomic E-state index is 0.242. The zero-order valence-corrected chi connectivity index (χ0v) is 19.0. The van der Waals surface area contributed by atoms with Gasteiger partial charge in [0.15, 0.2) is 0 Å². The molecule has 2 aliphatic carbocycles. The Morgan fingerprint density at radius 3 is 2.76 bits per heavy atom. The summed E-state index contributed by atoms with van der Waals surface area (Å²) in [6, 6.07) is 14.5. The largest absolute Gasteiger partial charge is 0.508 e. The zero-order valence-electron chi connectivity index (χ0n) is 19.0. The number of piperazine rings is 1. The van der Waals surface area contributed by atoms with Crippen LogP contribution in [-0.2, 0) is 6.42 Å². The number of aromatic hydroxyl groups is 1. The van der Waals surface area contributed by atoms with Gasteiger partial charge in [0.25, 0.3) is 0 Å². The molecule has 2 aromatic rings. The van der Waals surface area contributed by atoms with Gasteiger partial charge >= 0.3 is 0 Å². The fourth-order valence-electron chi connectivity index (χ4n) is 5.29. The molecule has 33 heavy (non-hydrogen) atoms. The van der Waals surface area contributed by atoms with Crippen molar-refractivity contribution in [3.63, 3.8) is 0 Å². The van der Waals surface area contributed by atoms with Gasteiger partial charge in [-0.05, 0) is 77.4 Å². The predicted octanol–water partition coefficient (Wildman–Crippen LogP) is 4.58. The number of phenols is 1. The smallest absolute Gasteiger partial charge is 0.119 e. The molecule has 3 aliphatic rings. The van der Waals surface area contributed by atoms with E-state index in [-0.39, 0.29) is 5.92 Å². The van der Waals surface area contributed by atoms with Crippen LogP contribution in [0.1, 0.15) is 29.0 Å². The molecular formula is C29H32N2O2. The lowest BCUT2D eigenvalue weighted by atomic mass is 9.69. The molecule has 1 aliphatic heterocycles. The van der Waals surface area contributed by atoms with Crippen molar-refractivity contribution in [3.05, 3.63) is 101 Å². The number of nitrogens with one attached hydrogen (secondary N) is 1. The highest BCUT2D eigenvalue weighted by molar-refractivity contribution is 5.48. The number of hydrogen-bond acceptors (Lipinski definition) is 4. The summed E-state index contributed by atoms with van der Waals surface area (Å²) >= 11 is 0. The number of hydrogen-bond donors (Lipinski definition) is 2. The number of aryl methyl sites for hydroxylation is 1. The highest BCUT2D eigenvalue weighted by Gasteiger charge is 2.32. The zero-order chi connectivity index (χ0) is 22.5. The van der Waals surface area contributed by atoms with Crippen LogP contribution >= 0.6 is 0 Å². The molecule has 0 bridgehead atoms. The van der Waals surface area contributed by atoms with E-state index in [2.05, 4.69) is 64.5 Å². The molecule has 2 N–H and O–H groups in total. The van der Waals surface area contributed by atoms with Gasteiger partial charge in [-0.2, -0.15) is 0 Å². The molecule has 0 radical (unpaired) electrons. The summed E-state index contributed by atoms with van der Waals surface area (Å²) in [6.45, 7) is 5.99. The van der Waals surface area contributed by atoms with E-state index in [9.17, 15) is 5.11 Å². The first-order valence-electron chi connectivity index (χ1n) is 12.0. The van der Waals surface area contributed by atoms with Crippen LogP contribution < -0.4 is 10.1 Å². The van der Waals surface area contributed by atoms with Crippen molar-refractivity contribution >= 4 is 0 Å². The summed E-state index contributed by atoms with van der Waals surface area (Å²) in [5, 5.41) is 13.4. The average molecular weight is 441 g/mol. The second-order valence-corrected chi connectivity index (χ2v) is 9.04. The Morgan fingerprint density at radius 1 is 1.06 bits per heavy atom. The second-order valence-electron chi connectivity index (χ2n) is 9.04. The number of phenolic OH excluding ortho intramolecular Hbond substituents is 1. The Labute approximate surface area is 196 Å². The Bertz CT molecular complexity index is 1090. The molecule has 5 rings (SSSR count). The van der Waals surface area contributed by atoms with Crippen LogP contribution in [0.2, 0.25) is 0 Å².